The molecular formula is C12H14Cl2N2. The minimum absolute atomic E-state index is 0.153. The average molecular weight is 257 g/mol. The molecule has 1 aromatic heterocycles. The Balaban J connectivity index is 3.61. The van der Waals surface area contributed by atoms with E-state index in [9.17, 15) is 0 Å². The average Bonchev–Trinajstić information content (AvgIpc) is 2.19. The minimum Gasteiger partial charge on any atom is -0.238 e. The van der Waals surface area contributed by atoms with Crippen molar-refractivity contribution in [3.05, 3.63) is 27.0 Å². The van der Waals surface area contributed by atoms with Crippen molar-refractivity contribution in [2.75, 3.05) is 0 Å². The lowest BCUT2D eigenvalue weighted by Crippen LogP contribution is -2.04. The van der Waals surface area contributed by atoms with Gasteiger partial charge in [0, 0.05) is 0 Å². The van der Waals surface area contributed by atoms with Gasteiger partial charge < -0.3 is 0 Å². The third-order valence-corrected chi connectivity index (χ3v) is 3.06. The van der Waals surface area contributed by atoms with Crippen molar-refractivity contribution in [1.82, 2.24) is 4.98 Å². The predicted octanol–water partition coefficient (Wildman–Crippen LogP) is 4.51. The molecule has 0 fully saturated rings. The zero-order chi connectivity index (χ0) is 12.5. The zero-order valence-corrected chi connectivity index (χ0v) is 11.3. The maximum Gasteiger partial charge on any atom is 0.147 e. The molecule has 0 saturated carbocycles. The monoisotopic (exact) mass is 256 g/mol. The van der Waals surface area contributed by atoms with Gasteiger partial charge in [0.15, 0.2) is 0 Å². The van der Waals surface area contributed by atoms with Crippen LogP contribution in [0, 0.1) is 11.3 Å². The zero-order valence-electron chi connectivity index (χ0n) is 9.81. The summed E-state index contributed by atoms with van der Waals surface area (Å²) in [5.41, 5.74) is 1.95. The Kier molecular flexibility index (Phi) is 4.18. The van der Waals surface area contributed by atoms with Crippen LogP contribution in [0.1, 0.15) is 56.4 Å². The number of hydrogen-bond acceptors (Lipinski definition) is 2. The molecule has 0 aliphatic heterocycles. The summed E-state index contributed by atoms with van der Waals surface area (Å²) in [6.07, 6.45) is 0. The highest BCUT2D eigenvalue weighted by molar-refractivity contribution is 6.34. The molecule has 0 bridgehead atoms. The number of pyridine rings is 1. The van der Waals surface area contributed by atoms with E-state index >= 15 is 0 Å². The summed E-state index contributed by atoms with van der Waals surface area (Å²) >= 11 is 12.3. The van der Waals surface area contributed by atoms with Gasteiger partial charge in [-0.1, -0.05) is 50.9 Å². The molecule has 0 saturated heterocycles. The molecule has 16 heavy (non-hydrogen) atoms. The Morgan fingerprint density at radius 2 is 1.69 bits per heavy atom. The van der Waals surface area contributed by atoms with E-state index in [2.05, 4.69) is 11.1 Å². The van der Waals surface area contributed by atoms with E-state index in [0.717, 1.165) is 11.3 Å². The van der Waals surface area contributed by atoms with Gasteiger partial charge in [0.25, 0.3) is 0 Å². The SMILES string of the molecule is CC(C)c1nc(Cl)c(C#N)c(C(C)C)c1Cl. The van der Waals surface area contributed by atoms with Crippen LogP contribution in [-0.4, -0.2) is 4.98 Å². The van der Waals surface area contributed by atoms with Gasteiger partial charge in [0.05, 0.1) is 16.3 Å². The Morgan fingerprint density at radius 1 is 1.12 bits per heavy atom. The number of nitriles is 1. The topological polar surface area (TPSA) is 36.7 Å². The van der Waals surface area contributed by atoms with Gasteiger partial charge in [-0.15, -0.1) is 0 Å². The molecule has 0 aromatic carbocycles. The maximum atomic E-state index is 9.07. The van der Waals surface area contributed by atoms with Crippen molar-refractivity contribution in [1.29, 1.82) is 5.26 Å². The Morgan fingerprint density at radius 3 is 2.06 bits per heavy atom. The van der Waals surface area contributed by atoms with Gasteiger partial charge in [-0.25, -0.2) is 4.98 Å². The van der Waals surface area contributed by atoms with Gasteiger partial charge in [0.2, 0.25) is 0 Å². The second kappa shape index (κ2) is 5.03. The molecule has 2 nitrogen and oxygen atoms in total. The summed E-state index contributed by atoms with van der Waals surface area (Å²) in [7, 11) is 0. The summed E-state index contributed by atoms with van der Waals surface area (Å²) in [5.74, 6) is 0.343. The highest BCUT2D eigenvalue weighted by Crippen LogP contribution is 2.35. The normalized spacial score (nSPS) is 10.9. The first-order valence-electron chi connectivity index (χ1n) is 5.19. The fourth-order valence-electron chi connectivity index (χ4n) is 1.60. The van der Waals surface area contributed by atoms with E-state index in [0.29, 0.717) is 10.6 Å². The van der Waals surface area contributed by atoms with Crippen LogP contribution in [0.5, 0.6) is 0 Å². The molecule has 0 atom stereocenters. The molecule has 4 heteroatoms. The molecule has 1 rings (SSSR count). The summed E-state index contributed by atoms with van der Waals surface area (Å²) in [4.78, 5) is 4.20. The third kappa shape index (κ3) is 2.31. The van der Waals surface area contributed by atoms with Gasteiger partial charge in [-0.2, -0.15) is 5.26 Å². The number of halogens is 2. The lowest BCUT2D eigenvalue weighted by atomic mass is 9.96. The maximum absolute atomic E-state index is 9.07. The smallest absolute Gasteiger partial charge is 0.147 e. The van der Waals surface area contributed by atoms with Crippen LogP contribution in [-0.2, 0) is 0 Å². The van der Waals surface area contributed by atoms with Crippen LogP contribution in [0.3, 0.4) is 0 Å². The van der Waals surface area contributed by atoms with Gasteiger partial charge >= 0.3 is 0 Å². The number of nitrogens with zero attached hydrogens (tertiary/aromatic N) is 2. The first-order chi connectivity index (χ1) is 7.40. The van der Waals surface area contributed by atoms with Gasteiger partial charge in [-0.05, 0) is 17.4 Å². The van der Waals surface area contributed by atoms with Crippen molar-refractivity contribution in [2.24, 2.45) is 0 Å². The van der Waals surface area contributed by atoms with E-state index in [4.69, 9.17) is 28.5 Å². The largest absolute Gasteiger partial charge is 0.238 e. The van der Waals surface area contributed by atoms with Crippen LogP contribution < -0.4 is 0 Å². The van der Waals surface area contributed by atoms with Crippen LogP contribution in [0.15, 0.2) is 0 Å². The first kappa shape index (κ1) is 13.3. The van der Waals surface area contributed by atoms with E-state index in [1.165, 1.54) is 0 Å². The van der Waals surface area contributed by atoms with E-state index < -0.39 is 0 Å². The van der Waals surface area contributed by atoms with Crippen LogP contribution in [0.4, 0.5) is 0 Å². The second-order valence-corrected chi connectivity index (χ2v) is 5.05. The van der Waals surface area contributed by atoms with Crippen molar-refractivity contribution >= 4 is 23.2 Å². The Hall–Kier alpha value is -0.780. The molecule has 0 N–H and O–H groups in total. The number of rotatable bonds is 2. The Labute approximate surface area is 106 Å². The molecule has 0 aliphatic carbocycles. The standard InChI is InChI=1S/C12H14Cl2N2/c1-6(2)9-8(5-15)12(14)16-11(7(3)4)10(9)13/h6-7H,1-4H3. The quantitative estimate of drug-likeness (QED) is 0.731. The molecule has 86 valence electrons. The highest BCUT2D eigenvalue weighted by atomic mass is 35.5. The number of aromatic nitrogens is 1. The van der Waals surface area contributed by atoms with Crippen LogP contribution >= 0.6 is 23.2 Å². The molecule has 0 amide bonds. The molecular weight excluding hydrogens is 243 g/mol. The van der Waals surface area contributed by atoms with Crippen molar-refractivity contribution in [3.8, 4) is 6.07 Å². The summed E-state index contributed by atoms with van der Waals surface area (Å²) in [6, 6.07) is 2.07. The van der Waals surface area contributed by atoms with E-state index in [1.54, 1.807) is 0 Å². The third-order valence-electron chi connectivity index (χ3n) is 2.39. The van der Waals surface area contributed by atoms with E-state index in [1.807, 2.05) is 27.7 Å². The second-order valence-electron chi connectivity index (χ2n) is 4.31. The molecule has 1 heterocycles. The highest BCUT2D eigenvalue weighted by Gasteiger charge is 2.21. The fourth-order valence-corrected chi connectivity index (χ4v) is 2.41. The molecule has 0 aliphatic rings. The van der Waals surface area contributed by atoms with Crippen molar-refractivity contribution in [2.45, 2.75) is 39.5 Å². The van der Waals surface area contributed by atoms with Crippen molar-refractivity contribution in [3.63, 3.8) is 0 Å². The molecule has 0 spiro atoms. The van der Waals surface area contributed by atoms with Crippen molar-refractivity contribution < 1.29 is 0 Å². The predicted molar refractivity (Wildman–Crippen MR) is 67.2 cm³/mol. The lowest BCUT2D eigenvalue weighted by Gasteiger charge is -2.16. The fraction of sp³-hybridized carbons (Fsp3) is 0.500. The minimum atomic E-state index is 0.153. The molecule has 1 aromatic rings. The molecule has 0 radical (unpaired) electrons. The summed E-state index contributed by atoms with van der Waals surface area (Å²) in [6.45, 7) is 7.98. The van der Waals surface area contributed by atoms with E-state index in [-0.39, 0.29) is 17.0 Å². The first-order valence-corrected chi connectivity index (χ1v) is 5.94. The lowest BCUT2D eigenvalue weighted by molar-refractivity contribution is 0.798. The van der Waals surface area contributed by atoms with Crippen LogP contribution in [0.2, 0.25) is 10.2 Å². The van der Waals surface area contributed by atoms with Gasteiger partial charge in [-0.3, -0.25) is 0 Å². The number of hydrogen-bond donors (Lipinski definition) is 0. The summed E-state index contributed by atoms with van der Waals surface area (Å²) < 4.78 is 0. The summed E-state index contributed by atoms with van der Waals surface area (Å²) in [5, 5.41) is 9.89. The Bertz CT molecular complexity index is 445. The van der Waals surface area contributed by atoms with Gasteiger partial charge in [0.1, 0.15) is 11.2 Å². The molecule has 0 unspecified atom stereocenters. The van der Waals surface area contributed by atoms with Crippen LogP contribution in [0.25, 0.3) is 0 Å².